The fourth-order valence-electron chi connectivity index (χ4n) is 2.02. The minimum atomic E-state index is -0.188. The third-order valence-electron chi connectivity index (χ3n) is 3.04. The molecule has 1 aliphatic heterocycles. The number of hydrogen-bond donors (Lipinski definition) is 2. The van der Waals surface area contributed by atoms with Gasteiger partial charge in [0.15, 0.2) is 5.16 Å². The van der Waals surface area contributed by atoms with Crippen molar-refractivity contribution in [2.45, 2.75) is 11.2 Å². The molecular weight excluding hydrogens is 280 g/mol. The first-order valence-electron chi connectivity index (χ1n) is 5.96. The van der Waals surface area contributed by atoms with E-state index >= 15 is 0 Å². The average Bonchev–Trinajstić information content (AvgIpc) is 2.73. The topological polar surface area (TPSA) is 72.9 Å². The van der Waals surface area contributed by atoms with E-state index < -0.39 is 0 Å². The zero-order valence-electron chi connectivity index (χ0n) is 10.2. The van der Waals surface area contributed by atoms with Crippen molar-refractivity contribution in [3.8, 4) is 0 Å². The summed E-state index contributed by atoms with van der Waals surface area (Å²) in [6.07, 6.45) is 0. The van der Waals surface area contributed by atoms with E-state index in [4.69, 9.17) is 5.84 Å². The number of amides is 1. The number of nitrogens with two attached hydrogens (primary N) is 1. The van der Waals surface area contributed by atoms with E-state index in [1.54, 1.807) is 0 Å². The van der Waals surface area contributed by atoms with Gasteiger partial charge in [0.1, 0.15) is 0 Å². The largest absolute Gasteiger partial charge is 0.314 e. The van der Waals surface area contributed by atoms with E-state index in [1.807, 2.05) is 30.0 Å². The van der Waals surface area contributed by atoms with E-state index in [9.17, 15) is 4.79 Å². The van der Waals surface area contributed by atoms with Crippen LogP contribution >= 0.6 is 23.5 Å². The van der Waals surface area contributed by atoms with Gasteiger partial charge in [-0.3, -0.25) is 10.2 Å². The third kappa shape index (κ3) is 2.45. The van der Waals surface area contributed by atoms with Crippen LogP contribution in [0.5, 0.6) is 0 Å². The maximum atomic E-state index is 11.3. The zero-order valence-corrected chi connectivity index (χ0v) is 11.8. The molecule has 100 valence electrons. The zero-order chi connectivity index (χ0) is 13.2. The van der Waals surface area contributed by atoms with Crippen LogP contribution in [0, 0.1) is 0 Å². The predicted molar refractivity (Wildman–Crippen MR) is 79.1 cm³/mol. The van der Waals surface area contributed by atoms with Crippen molar-refractivity contribution in [2.75, 3.05) is 17.3 Å². The van der Waals surface area contributed by atoms with E-state index in [2.05, 4.69) is 21.0 Å². The lowest BCUT2D eigenvalue weighted by atomic mass is 10.3. The van der Waals surface area contributed by atoms with Gasteiger partial charge in [0, 0.05) is 11.5 Å². The normalized spacial score (nSPS) is 15.4. The van der Waals surface area contributed by atoms with E-state index in [-0.39, 0.29) is 5.91 Å². The highest BCUT2D eigenvalue weighted by Gasteiger charge is 2.25. The van der Waals surface area contributed by atoms with Gasteiger partial charge < -0.3 is 4.57 Å². The van der Waals surface area contributed by atoms with Gasteiger partial charge >= 0.3 is 0 Å². The van der Waals surface area contributed by atoms with Crippen LogP contribution in [0.1, 0.15) is 6.04 Å². The van der Waals surface area contributed by atoms with Gasteiger partial charge in [-0.2, -0.15) is 11.8 Å². The molecule has 1 aliphatic rings. The minimum Gasteiger partial charge on any atom is -0.314 e. The SMILES string of the molecule is NNC(=O)CSc1nc2ccccc2n1C1CSC1. The molecule has 19 heavy (non-hydrogen) atoms. The Kier molecular flexibility index (Phi) is 3.67. The molecule has 2 heterocycles. The second kappa shape index (κ2) is 5.44. The first kappa shape index (κ1) is 12.8. The number of carbonyl (C=O) groups is 1. The summed E-state index contributed by atoms with van der Waals surface area (Å²) in [6.45, 7) is 0. The highest BCUT2D eigenvalue weighted by molar-refractivity contribution is 8.00. The molecule has 0 radical (unpaired) electrons. The molecule has 0 bridgehead atoms. The first-order chi connectivity index (χ1) is 9.29. The Balaban J connectivity index is 1.95. The summed E-state index contributed by atoms with van der Waals surface area (Å²) in [7, 11) is 0. The van der Waals surface area contributed by atoms with Crippen molar-refractivity contribution < 1.29 is 4.79 Å². The third-order valence-corrected chi connectivity index (χ3v) is 5.24. The number of fused-ring (bicyclic) bond motifs is 1. The summed E-state index contributed by atoms with van der Waals surface area (Å²) < 4.78 is 2.25. The maximum Gasteiger partial charge on any atom is 0.244 e. The predicted octanol–water partition coefficient (Wildman–Crippen LogP) is 1.41. The Morgan fingerprint density at radius 1 is 1.53 bits per heavy atom. The number of imidazole rings is 1. The van der Waals surface area contributed by atoms with Gasteiger partial charge in [-0.15, -0.1) is 0 Å². The van der Waals surface area contributed by atoms with Crippen molar-refractivity contribution in [3.63, 3.8) is 0 Å². The second-order valence-corrected chi connectivity index (χ2v) is 6.32. The molecule has 0 saturated carbocycles. The van der Waals surface area contributed by atoms with Crippen LogP contribution in [0.15, 0.2) is 29.4 Å². The van der Waals surface area contributed by atoms with Gasteiger partial charge in [-0.05, 0) is 12.1 Å². The number of aromatic nitrogens is 2. The van der Waals surface area contributed by atoms with Crippen LogP contribution in [-0.4, -0.2) is 32.7 Å². The second-order valence-electron chi connectivity index (χ2n) is 4.30. The standard InChI is InChI=1S/C12H14N4OS2/c13-15-11(17)7-19-12-14-9-3-1-2-4-10(9)16(12)8-5-18-6-8/h1-4,8H,5-7,13H2,(H,15,17). The quantitative estimate of drug-likeness (QED) is 0.386. The number of carbonyl (C=O) groups excluding carboxylic acids is 1. The number of para-hydroxylation sites is 2. The van der Waals surface area contributed by atoms with Crippen molar-refractivity contribution in [1.29, 1.82) is 0 Å². The van der Waals surface area contributed by atoms with E-state index in [1.165, 1.54) is 11.8 Å². The van der Waals surface area contributed by atoms with Crippen LogP contribution in [0.2, 0.25) is 0 Å². The van der Waals surface area contributed by atoms with Gasteiger partial charge in [0.2, 0.25) is 5.91 Å². The number of hydrogen-bond acceptors (Lipinski definition) is 5. The van der Waals surface area contributed by atoms with Crippen molar-refractivity contribution in [1.82, 2.24) is 15.0 Å². The van der Waals surface area contributed by atoms with Crippen LogP contribution in [-0.2, 0) is 4.79 Å². The molecular formula is C12H14N4OS2. The summed E-state index contributed by atoms with van der Waals surface area (Å²) in [4.78, 5) is 15.9. The first-order valence-corrected chi connectivity index (χ1v) is 8.10. The Morgan fingerprint density at radius 3 is 3.00 bits per heavy atom. The summed E-state index contributed by atoms with van der Waals surface area (Å²) in [6, 6.07) is 8.58. The van der Waals surface area contributed by atoms with E-state index in [0.717, 1.165) is 27.7 Å². The average molecular weight is 294 g/mol. The summed E-state index contributed by atoms with van der Waals surface area (Å²) in [5.41, 5.74) is 4.27. The molecule has 1 aromatic carbocycles. The molecule has 1 amide bonds. The number of rotatable bonds is 4. The molecule has 0 atom stereocenters. The van der Waals surface area contributed by atoms with Crippen LogP contribution < -0.4 is 11.3 Å². The Morgan fingerprint density at radius 2 is 2.32 bits per heavy atom. The molecule has 2 aromatic rings. The highest BCUT2D eigenvalue weighted by Crippen LogP contribution is 2.36. The number of thioether (sulfide) groups is 2. The molecule has 1 aromatic heterocycles. The van der Waals surface area contributed by atoms with Gasteiger partial charge in [0.05, 0.1) is 22.8 Å². The maximum absolute atomic E-state index is 11.3. The lowest BCUT2D eigenvalue weighted by molar-refractivity contribution is -0.118. The fourth-order valence-corrected chi connectivity index (χ4v) is 3.66. The Hall–Kier alpha value is -1.18. The minimum absolute atomic E-state index is 0.188. The summed E-state index contributed by atoms with van der Waals surface area (Å²) in [5.74, 6) is 7.42. The molecule has 3 rings (SSSR count). The van der Waals surface area contributed by atoms with E-state index in [0.29, 0.717) is 11.8 Å². The Bertz CT molecular complexity index is 609. The molecule has 1 saturated heterocycles. The van der Waals surface area contributed by atoms with Gasteiger partial charge in [-0.25, -0.2) is 10.8 Å². The number of nitrogens with zero attached hydrogens (tertiary/aromatic N) is 2. The number of nitrogens with one attached hydrogen (secondary N) is 1. The van der Waals surface area contributed by atoms with Crippen molar-refractivity contribution in [2.24, 2.45) is 5.84 Å². The monoisotopic (exact) mass is 294 g/mol. The molecule has 3 N–H and O–H groups in total. The Labute approximate surface area is 119 Å². The summed E-state index contributed by atoms with van der Waals surface area (Å²) in [5, 5.41) is 0.898. The van der Waals surface area contributed by atoms with Gasteiger partial charge in [0.25, 0.3) is 0 Å². The fraction of sp³-hybridized carbons (Fsp3) is 0.333. The highest BCUT2D eigenvalue weighted by atomic mass is 32.2. The molecule has 7 heteroatoms. The van der Waals surface area contributed by atoms with Crippen molar-refractivity contribution in [3.05, 3.63) is 24.3 Å². The van der Waals surface area contributed by atoms with Crippen LogP contribution in [0.25, 0.3) is 11.0 Å². The van der Waals surface area contributed by atoms with Crippen LogP contribution in [0.3, 0.4) is 0 Å². The van der Waals surface area contributed by atoms with Crippen molar-refractivity contribution >= 4 is 40.5 Å². The summed E-state index contributed by atoms with van der Waals surface area (Å²) >= 11 is 3.37. The van der Waals surface area contributed by atoms with Crippen LogP contribution in [0.4, 0.5) is 0 Å². The molecule has 5 nitrogen and oxygen atoms in total. The number of hydrazine groups is 1. The lowest BCUT2D eigenvalue weighted by Crippen LogP contribution is -2.31. The lowest BCUT2D eigenvalue weighted by Gasteiger charge is -2.28. The number of benzene rings is 1. The molecule has 1 fully saturated rings. The molecule has 0 spiro atoms. The molecule has 0 aliphatic carbocycles. The molecule has 0 unspecified atom stereocenters. The van der Waals surface area contributed by atoms with Gasteiger partial charge in [-0.1, -0.05) is 23.9 Å². The smallest absolute Gasteiger partial charge is 0.244 e.